The first-order chi connectivity index (χ1) is 7.87. The molecule has 0 saturated heterocycles. The van der Waals surface area contributed by atoms with Gasteiger partial charge in [0.05, 0.1) is 18.1 Å². The van der Waals surface area contributed by atoms with Crippen LogP contribution < -0.4 is 10.6 Å². The molecule has 0 fully saturated rings. The zero-order chi connectivity index (χ0) is 12.9. The molecule has 0 atom stereocenters. The van der Waals surface area contributed by atoms with E-state index in [0.717, 1.165) is 0 Å². The first-order valence-electron chi connectivity index (χ1n) is 4.56. The maximum Gasteiger partial charge on any atom is 0.401 e. The second kappa shape index (κ2) is 5.83. The molecule has 0 unspecified atom stereocenters. The molecule has 0 aromatic carbocycles. The first-order valence-corrected chi connectivity index (χ1v) is 4.93. The highest BCUT2D eigenvalue weighted by Crippen LogP contribution is 2.12. The minimum atomic E-state index is -4.33. The predicted octanol–water partition coefficient (Wildman–Crippen LogP) is 1.83. The highest BCUT2D eigenvalue weighted by molar-refractivity contribution is 6.30. The average Bonchev–Trinajstić information content (AvgIpc) is 2.19. The van der Waals surface area contributed by atoms with Gasteiger partial charge in [0, 0.05) is 6.20 Å². The van der Waals surface area contributed by atoms with Crippen LogP contribution in [-0.2, 0) is 4.79 Å². The molecule has 0 aliphatic rings. The Balaban J connectivity index is 2.32. The van der Waals surface area contributed by atoms with E-state index < -0.39 is 25.2 Å². The van der Waals surface area contributed by atoms with Crippen molar-refractivity contribution >= 4 is 23.3 Å². The van der Waals surface area contributed by atoms with E-state index >= 15 is 0 Å². The molecule has 1 heterocycles. The van der Waals surface area contributed by atoms with Crippen molar-refractivity contribution in [2.24, 2.45) is 0 Å². The Kier molecular flexibility index (Phi) is 4.71. The largest absolute Gasteiger partial charge is 0.401 e. The summed E-state index contributed by atoms with van der Waals surface area (Å²) in [4.78, 5) is 14.9. The maximum atomic E-state index is 11.8. The van der Waals surface area contributed by atoms with E-state index in [9.17, 15) is 18.0 Å². The van der Waals surface area contributed by atoms with Gasteiger partial charge in [0.2, 0.25) is 5.91 Å². The Morgan fingerprint density at radius 2 is 2.12 bits per heavy atom. The molecule has 0 aliphatic carbocycles. The molecular formula is C9H9ClF3N3O. The van der Waals surface area contributed by atoms with E-state index in [-0.39, 0.29) is 5.82 Å². The lowest BCUT2D eigenvalue weighted by molar-refractivity contribution is -0.126. The van der Waals surface area contributed by atoms with Gasteiger partial charge in [0.15, 0.2) is 0 Å². The van der Waals surface area contributed by atoms with Gasteiger partial charge in [0.1, 0.15) is 5.82 Å². The number of hydrogen-bond acceptors (Lipinski definition) is 3. The first kappa shape index (κ1) is 13.7. The summed E-state index contributed by atoms with van der Waals surface area (Å²) < 4.78 is 35.3. The topological polar surface area (TPSA) is 54.0 Å². The van der Waals surface area contributed by atoms with Crippen LogP contribution in [0.3, 0.4) is 0 Å². The molecule has 1 aromatic heterocycles. The van der Waals surface area contributed by atoms with Gasteiger partial charge in [-0.25, -0.2) is 4.98 Å². The van der Waals surface area contributed by atoms with Gasteiger partial charge in [-0.1, -0.05) is 11.6 Å². The number of anilines is 1. The van der Waals surface area contributed by atoms with Crippen LogP contribution in [0.25, 0.3) is 0 Å². The lowest BCUT2D eigenvalue weighted by Gasteiger charge is -2.08. The number of hydrogen-bond donors (Lipinski definition) is 2. The standard InChI is InChI=1S/C9H9ClF3N3O/c10-6-1-2-7(15-3-6)16-8(17)4-14-5-9(11,12)13/h1-3,14H,4-5H2,(H,15,16,17). The Morgan fingerprint density at radius 3 is 2.65 bits per heavy atom. The Morgan fingerprint density at radius 1 is 1.41 bits per heavy atom. The summed E-state index contributed by atoms with van der Waals surface area (Å²) in [5.41, 5.74) is 0. The van der Waals surface area contributed by atoms with Crippen molar-refractivity contribution < 1.29 is 18.0 Å². The van der Waals surface area contributed by atoms with E-state index in [1.54, 1.807) is 0 Å². The van der Waals surface area contributed by atoms with Crippen LogP contribution >= 0.6 is 11.6 Å². The van der Waals surface area contributed by atoms with Crippen LogP contribution in [0.2, 0.25) is 5.02 Å². The smallest absolute Gasteiger partial charge is 0.310 e. The number of nitrogens with one attached hydrogen (secondary N) is 2. The van der Waals surface area contributed by atoms with Crippen molar-refractivity contribution in [3.63, 3.8) is 0 Å². The summed E-state index contributed by atoms with van der Waals surface area (Å²) in [5.74, 6) is -0.378. The van der Waals surface area contributed by atoms with Gasteiger partial charge in [0.25, 0.3) is 0 Å². The number of carbonyl (C=O) groups excluding carboxylic acids is 1. The van der Waals surface area contributed by atoms with Crippen LogP contribution in [0.1, 0.15) is 0 Å². The number of rotatable bonds is 4. The highest BCUT2D eigenvalue weighted by Gasteiger charge is 2.26. The molecular weight excluding hydrogens is 259 g/mol. The summed E-state index contributed by atoms with van der Waals surface area (Å²) in [6, 6.07) is 2.96. The third-order valence-corrected chi connectivity index (χ3v) is 1.83. The van der Waals surface area contributed by atoms with Crippen molar-refractivity contribution in [2.45, 2.75) is 6.18 Å². The summed E-state index contributed by atoms with van der Waals surface area (Å²) in [6.07, 6.45) is -3.01. The summed E-state index contributed by atoms with van der Waals surface area (Å²) >= 11 is 5.57. The van der Waals surface area contributed by atoms with Crippen LogP contribution in [0, 0.1) is 0 Å². The molecule has 0 radical (unpaired) electrons. The van der Waals surface area contributed by atoms with E-state index in [1.807, 2.05) is 5.32 Å². The molecule has 1 rings (SSSR count). The number of aromatic nitrogens is 1. The van der Waals surface area contributed by atoms with E-state index in [4.69, 9.17) is 11.6 Å². The molecule has 17 heavy (non-hydrogen) atoms. The predicted molar refractivity (Wildman–Crippen MR) is 56.8 cm³/mol. The summed E-state index contributed by atoms with van der Waals surface area (Å²) in [7, 11) is 0. The normalized spacial score (nSPS) is 11.3. The van der Waals surface area contributed by atoms with Crippen molar-refractivity contribution in [1.29, 1.82) is 0 Å². The van der Waals surface area contributed by atoms with Gasteiger partial charge < -0.3 is 10.6 Å². The SMILES string of the molecule is O=C(CNCC(F)(F)F)Nc1ccc(Cl)cn1. The molecule has 1 amide bonds. The van der Waals surface area contributed by atoms with Gasteiger partial charge in [-0.05, 0) is 12.1 Å². The fourth-order valence-corrected chi connectivity index (χ4v) is 1.07. The van der Waals surface area contributed by atoms with E-state index in [2.05, 4.69) is 10.3 Å². The lowest BCUT2D eigenvalue weighted by atomic mass is 10.4. The second-order valence-electron chi connectivity index (χ2n) is 3.13. The number of nitrogens with zero attached hydrogens (tertiary/aromatic N) is 1. The van der Waals surface area contributed by atoms with Crippen LogP contribution in [0.4, 0.5) is 19.0 Å². The summed E-state index contributed by atoms with van der Waals surface area (Å²) in [5, 5.41) is 4.68. The monoisotopic (exact) mass is 267 g/mol. The Labute approximate surface area is 100 Å². The fourth-order valence-electron chi connectivity index (χ4n) is 0.955. The molecule has 94 valence electrons. The minimum absolute atomic E-state index is 0.230. The van der Waals surface area contributed by atoms with Gasteiger partial charge in [-0.2, -0.15) is 13.2 Å². The Hall–Kier alpha value is -1.34. The quantitative estimate of drug-likeness (QED) is 0.875. The molecule has 0 bridgehead atoms. The minimum Gasteiger partial charge on any atom is -0.310 e. The second-order valence-corrected chi connectivity index (χ2v) is 3.57. The van der Waals surface area contributed by atoms with Crippen LogP contribution in [0.15, 0.2) is 18.3 Å². The van der Waals surface area contributed by atoms with Crippen molar-refractivity contribution in [2.75, 3.05) is 18.4 Å². The van der Waals surface area contributed by atoms with Gasteiger partial charge in [-0.15, -0.1) is 0 Å². The molecule has 4 nitrogen and oxygen atoms in total. The van der Waals surface area contributed by atoms with Crippen LogP contribution in [0.5, 0.6) is 0 Å². The number of halogens is 4. The number of pyridine rings is 1. The third-order valence-electron chi connectivity index (χ3n) is 1.61. The zero-order valence-corrected chi connectivity index (χ0v) is 9.27. The van der Waals surface area contributed by atoms with Crippen molar-refractivity contribution in [3.05, 3.63) is 23.4 Å². The molecule has 2 N–H and O–H groups in total. The molecule has 0 spiro atoms. The van der Waals surface area contributed by atoms with Crippen molar-refractivity contribution in [3.8, 4) is 0 Å². The molecule has 0 aliphatic heterocycles. The molecule has 8 heteroatoms. The average molecular weight is 268 g/mol. The number of amides is 1. The van der Waals surface area contributed by atoms with E-state index in [1.165, 1.54) is 18.3 Å². The van der Waals surface area contributed by atoms with Gasteiger partial charge >= 0.3 is 6.18 Å². The third kappa shape index (κ3) is 6.08. The van der Waals surface area contributed by atoms with E-state index in [0.29, 0.717) is 5.02 Å². The Bertz CT molecular complexity index is 380. The maximum absolute atomic E-state index is 11.8. The fraction of sp³-hybridized carbons (Fsp3) is 0.333. The lowest BCUT2D eigenvalue weighted by Crippen LogP contribution is -2.35. The van der Waals surface area contributed by atoms with Crippen LogP contribution in [-0.4, -0.2) is 30.2 Å². The van der Waals surface area contributed by atoms with Crippen molar-refractivity contribution in [1.82, 2.24) is 10.3 Å². The molecule has 1 aromatic rings. The van der Waals surface area contributed by atoms with Gasteiger partial charge in [-0.3, -0.25) is 4.79 Å². The summed E-state index contributed by atoms with van der Waals surface area (Å²) in [6.45, 7) is -1.65. The molecule has 0 saturated carbocycles. The number of alkyl halides is 3. The highest BCUT2D eigenvalue weighted by atomic mass is 35.5. The number of carbonyl (C=O) groups is 1. The zero-order valence-electron chi connectivity index (χ0n) is 8.51.